The summed E-state index contributed by atoms with van der Waals surface area (Å²) < 4.78 is 10.8. The Morgan fingerprint density at radius 1 is 1.20 bits per heavy atom. The predicted octanol–water partition coefficient (Wildman–Crippen LogP) is 2.29. The normalized spacial score (nSPS) is 23.4. The van der Waals surface area contributed by atoms with Crippen LogP contribution in [0.1, 0.15) is 51.2 Å². The lowest BCUT2D eigenvalue weighted by atomic mass is 10.00. The smallest absolute Gasteiger partial charge is 0.246 e. The van der Waals surface area contributed by atoms with Crippen LogP contribution in [0.3, 0.4) is 0 Å². The zero-order valence-electron chi connectivity index (χ0n) is 18.3. The van der Waals surface area contributed by atoms with Gasteiger partial charge >= 0.3 is 0 Å². The Hall–Kier alpha value is -0.930. The molecule has 3 rings (SSSR count). The van der Waals surface area contributed by atoms with E-state index in [4.69, 9.17) is 15.0 Å². The van der Waals surface area contributed by atoms with Crippen molar-refractivity contribution >= 4 is 30.7 Å². The van der Waals surface area contributed by atoms with E-state index in [1.54, 1.807) is 4.90 Å². The molecule has 0 saturated carbocycles. The number of rotatable bonds is 6. The number of hydrogen-bond acceptors (Lipinski definition) is 7. The number of nitrogens with two attached hydrogens (primary N) is 1. The van der Waals surface area contributed by atoms with Crippen molar-refractivity contribution in [1.82, 2.24) is 19.9 Å². The molecule has 0 bridgehead atoms. The van der Waals surface area contributed by atoms with E-state index in [1.807, 2.05) is 7.05 Å². The second-order valence-electron chi connectivity index (χ2n) is 8.73. The molecule has 2 fully saturated rings. The van der Waals surface area contributed by atoms with E-state index < -0.39 is 0 Å². The summed E-state index contributed by atoms with van der Waals surface area (Å²) in [7, 11) is 1.82. The number of carbonyl (C=O) groups excluding carboxylic acids is 1. The van der Waals surface area contributed by atoms with Crippen LogP contribution < -0.4 is 5.73 Å². The van der Waals surface area contributed by atoms with Gasteiger partial charge in [-0.15, -0.1) is 24.8 Å². The molecule has 2 saturated heterocycles. The number of ether oxygens (including phenoxy) is 1. The van der Waals surface area contributed by atoms with Gasteiger partial charge in [0.2, 0.25) is 11.8 Å². The molecule has 0 spiro atoms. The third-order valence-corrected chi connectivity index (χ3v) is 5.72. The van der Waals surface area contributed by atoms with Gasteiger partial charge in [0.1, 0.15) is 0 Å². The summed E-state index contributed by atoms with van der Waals surface area (Å²) in [6, 6.07) is 0.591. The lowest BCUT2D eigenvalue weighted by Crippen LogP contribution is -2.47. The number of likely N-dealkylation sites (tertiary alicyclic amines) is 1. The number of amides is 1. The second kappa shape index (κ2) is 12.8. The number of nitrogens with zero attached hydrogens (tertiary/aromatic N) is 4. The van der Waals surface area contributed by atoms with Crippen LogP contribution in [0.25, 0.3) is 0 Å². The molecule has 3 heterocycles. The third-order valence-electron chi connectivity index (χ3n) is 5.72. The minimum atomic E-state index is -0.0422. The Bertz CT molecular complexity index is 640. The van der Waals surface area contributed by atoms with Gasteiger partial charge in [-0.25, -0.2) is 0 Å². The average Bonchev–Trinajstić information content (AvgIpc) is 2.99. The van der Waals surface area contributed by atoms with E-state index in [9.17, 15) is 4.79 Å². The van der Waals surface area contributed by atoms with Gasteiger partial charge in [-0.1, -0.05) is 19.0 Å². The summed E-state index contributed by atoms with van der Waals surface area (Å²) in [5.41, 5.74) is 6.31. The summed E-state index contributed by atoms with van der Waals surface area (Å²) >= 11 is 0. The second-order valence-corrected chi connectivity index (χ2v) is 8.73. The number of hydrogen-bond donors (Lipinski definition) is 1. The van der Waals surface area contributed by atoms with Crippen molar-refractivity contribution in [2.45, 2.75) is 64.6 Å². The van der Waals surface area contributed by atoms with Crippen LogP contribution in [0, 0.1) is 11.8 Å². The molecule has 174 valence electrons. The summed E-state index contributed by atoms with van der Waals surface area (Å²) in [4.78, 5) is 21.7. The van der Waals surface area contributed by atoms with Crippen molar-refractivity contribution < 1.29 is 14.1 Å². The van der Waals surface area contributed by atoms with E-state index >= 15 is 0 Å². The third kappa shape index (κ3) is 7.64. The maximum Gasteiger partial charge on any atom is 0.246 e. The van der Waals surface area contributed by atoms with Crippen LogP contribution in [-0.4, -0.2) is 71.3 Å². The highest BCUT2D eigenvalue weighted by atomic mass is 35.5. The molecule has 0 unspecified atom stereocenters. The maximum atomic E-state index is 13.1. The molecule has 0 aliphatic carbocycles. The summed E-state index contributed by atoms with van der Waals surface area (Å²) in [6.45, 7) is 7.81. The zero-order chi connectivity index (χ0) is 20.1. The molecule has 1 amide bonds. The number of carbonyl (C=O) groups is 1. The molecular formula is C20H37Cl2N5O3. The first-order chi connectivity index (χ1) is 13.4. The van der Waals surface area contributed by atoms with Crippen molar-refractivity contribution in [1.29, 1.82) is 0 Å². The Morgan fingerprint density at radius 2 is 1.90 bits per heavy atom. The van der Waals surface area contributed by atoms with Crippen molar-refractivity contribution in [3.8, 4) is 0 Å². The average molecular weight is 466 g/mol. The Labute approximate surface area is 192 Å². The molecule has 2 atom stereocenters. The maximum absolute atomic E-state index is 13.1. The van der Waals surface area contributed by atoms with Crippen molar-refractivity contribution in [2.75, 3.05) is 33.4 Å². The van der Waals surface area contributed by atoms with Crippen LogP contribution in [0.2, 0.25) is 0 Å². The Morgan fingerprint density at radius 3 is 2.57 bits per heavy atom. The molecule has 2 aliphatic rings. The largest absolute Gasteiger partial charge is 0.381 e. The molecule has 1 aromatic rings. The summed E-state index contributed by atoms with van der Waals surface area (Å²) in [6.07, 6.45) is 4.52. The number of halogens is 2. The molecule has 1 aromatic heterocycles. The summed E-state index contributed by atoms with van der Waals surface area (Å²) in [5.74, 6) is 1.76. The van der Waals surface area contributed by atoms with Gasteiger partial charge in [0.15, 0.2) is 5.82 Å². The van der Waals surface area contributed by atoms with Gasteiger partial charge in [-0.2, -0.15) is 4.98 Å². The van der Waals surface area contributed by atoms with Gasteiger partial charge < -0.3 is 19.9 Å². The van der Waals surface area contributed by atoms with Crippen LogP contribution >= 0.6 is 24.8 Å². The molecule has 0 radical (unpaired) electrons. The van der Waals surface area contributed by atoms with Crippen LogP contribution in [0.4, 0.5) is 0 Å². The summed E-state index contributed by atoms with van der Waals surface area (Å²) in [5, 5.41) is 4.02. The fourth-order valence-corrected chi connectivity index (χ4v) is 4.20. The Balaban J connectivity index is 0.00000225. The molecular weight excluding hydrogens is 429 g/mol. The van der Waals surface area contributed by atoms with E-state index in [-0.39, 0.29) is 42.7 Å². The van der Waals surface area contributed by atoms with Crippen molar-refractivity contribution in [2.24, 2.45) is 17.6 Å². The van der Waals surface area contributed by atoms with Gasteiger partial charge in [-0.05, 0) is 31.6 Å². The zero-order valence-corrected chi connectivity index (χ0v) is 19.9. The van der Waals surface area contributed by atoms with E-state index in [0.29, 0.717) is 30.2 Å². The topological polar surface area (TPSA) is 97.7 Å². The van der Waals surface area contributed by atoms with Gasteiger partial charge in [0.25, 0.3) is 0 Å². The van der Waals surface area contributed by atoms with E-state index in [2.05, 4.69) is 28.9 Å². The highest BCUT2D eigenvalue weighted by molar-refractivity contribution is 5.85. The molecule has 10 heteroatoms. The van der Waals surface area contributed by atoms with E-state index in [1.165, 1.54) is 0 Å². The Kier molecular flexibility index (Phi) is 11.6. The van der Waals surface area contributed by atoms with Crippen LogP contribution in [0.15, 0.2) is 4.52 Å². The standard InChI is InChI=1S/C20H35N5O3.2ClH/c1-14(2)10-18-22-19(28-23-18)13-24(3)20(26)15-4-5-16(21)12-25(11-15)17-6-8-27-9-7-17;;/h14-17H,4-13,21H2,1-3H3;2*1H/t15-,16+;;/m1../s1. The molecule has 0 aromatic carbocycles. The lowest BCUT2D eigenvalue weighted by molar-refractivity contribution is -0.136. The molecule has 2 N–H and O–H groups in total. The van der Waals surface area contributed by atoms with Crippen molar-refractivity contribution in [3.63, 3.8) is 0 Å². The molecule has 30 heavy (non-hydrogen) atoms. The minimum absolute atomic E-state index is 0. The fraction of sp³-hybridized carbons (Fsp3) is 0.850. The van der Waals surface area contributed by atoms with Crippen LogP contribution in [-0.2, 0) is 22.5 Å². The van der Waals surface area contributed by atoms with Gasteiger partial charge in [-0.3, -0.25) is 9.69 Å². The minimum Gasteiger partial charge on any atom is -0.381 e. The predicted molar refractivity (Wildman–Crippen MR) is 120 cm³/mol. The first-order valence-corrected chi connectivity index (χ1v) is 10.6. The van der Waals surface area contributed by atoms with Gasteiger partial charge in [0, 0.05) is 51.9 Å². The highest BCUT2D eigenvalue weighted by Gasteiger charge is 2.33. The van der Waals surface area contributed by atoms with Crippen molar-refractivity contribution in [3.05, 3.63) is 11.7 Å². The first-order valence-electron chi connectivity index (χ1n) is 10.6. The molecule has 2 aliphatic heterocycles. The quantitative estimate of drug-likeness (QED) is 0.687. The monoisotopic (exact) mass is 465 g/mol. The van der Waals surface area contributed by atoms with Crippen LogP contribution in [0.5, 0.6) is 0 Å². The van der Waals surface area contributed by atoms with Gasteiger partial charge in [0.05, 0.1) is 12.5 Å². The first kappa shape index (κ1) is 27.1. The fourth-order valence-electron chi connectivity index (χ4n) is 4.20. The van der Waals surface area contributed by atoms with E-state index in [0.717, 1.165) is 58.4 Å². The molecule has 8 nitrogen and oxygen atoms in total. The number of aromatic nitrogens is 2. The SMILES string of the molecule is CC(C)Cc1noc(CN(C)C(=O)[C@@H]2CC[C@H](N)CN(C3CCOCC3)C2)n1.Cl.Cl. The highest BCUT2D eigenvalue weighted by Crippen LogP contribution is 2.24. The lowest BCUT2D eigenvalue weighted by Gasteiger charge is -2.36.